The first-order valence-electron chi connectivity index (χ1n) is 11.0. The number of carbonyl (C=O) groups excluding carboxylic acids is 2. The first-order chi connectivity index (χ1) is 15.1. The molecule has 1 atom stereocenters. The Morgan fingerprint density at radius 3 is 2.53 bits per heavy atom. The number of fused-ring (bicyclic) bond motifs is 1. The maximum atomic E-state index is 13.4. The van der Waals surface area contributed by atoms with E-state index in [2.05, 4.69) is 20.1 Å². The molecule has 0 saturated heterocycles. The standard InChI is InChI=1S/C24H35N5O3/c1-15-13-16(32-7)9-10-17(15)21-26-19(18-14-28(6)11-8-12-29(18)21)22(30)27-20(23(31)25-5)24(2,3)4/h9-10,13,20H,8,11-12,14H2,1-7H3,(H,25,31)(H,27,30). The minimum atomic E-state index is -0.674. The van der Waals surface area contributed by atoms with Gasteiger partial charge in [-0.3, -0.25) is 9.59 Å². The molecule has 32 heavy (non-hydrogen) atoms. The average molecular weight is 442 g/mol. The number of ether oxygens (including phenoxy) is 1. The van der Waals surface area contributed by atoms with Crippen LogP contribution in [0.3, 0.4) is 0 Å². The molecule has 0 bridgehead atoms. The monoisotopic (exact) mass is 441 g/mol. The van der Waals surface area contributed by atoms with E-state index in [1.807, 2.05) is 52.9 Å². The van der Waals surface area contributed by atoms with E-state index in [9.17, 15) is 9.59 Å². The van der Waals surface area contributed by atoms with Crippen molar-refractivity contribution in [2.45, 2.75) is 53.2 Å². The number of benzene rings is 1. The normalized spacial score (nSPS) is 15.5. The molecule has 2 heterocycles. The lowest BCUT2D eigenvalue weighted by Crippen LogP contribution is -2.53. The number of hydrogen-bond acceptors (Lipinski definition) is 5. The fourth-order valence-electron chi connectivity index (χ4n) is 4.14. The van der Waals surface area contributed by atoms with Gasteiger partial charge in [-0.2, -0.15) is 0 Å². The molecule has 0 fully saturated rings. The van der Waals surface area contributed by atoms with Crippen molar-refractivity contribution < 1.29 is 14.3 Å². The second kappa shape index (κ2) is 9.32. The largest absolute Gasteiger partial charge is 0.497 e. The van der Waals surface area contributed by atoms with Crippen LogP contribution in [0.25, 0.3) is 11.4 Å². The quantitative estimate of drug-likeness (QED) is 0.745. The number of aromatic nitrogens is 2. The molecule has 1 aliphatic rings. The lowest BCUT2D eigenvalue weighted by atomic mass is 9.86. The highest BCUT2D eigenvalue weighted by Crippen LogP contribution is 2.30. The molecule has 174 valence electrons. The van der Waals surface area contributed by atoms with Crippen molar-refractivity contribution >= 4 is 11.8 Å². The Hall–Kier alpha value is -2.87. The van der Waals surface area contributed by atoms with Crippen molar-refractivity contribution in [1.29, 1.82) is 0 Å². The summed E-state index contributed by atoms with van der Waals surface area (Å²) in [6.45, 7) is 10.1. The third kappa shape index (κ3) is 4.80. The predicted molar refractivity (Wildman–Crippen MR) is 125 cm³/mol. The van der Waals surface area contributed by atoms with Crippen LogP contribution >= 0.6 is 0 Å². The number of likely N-dealkylation sites (N-methyl/N-ethyl adjacent to an activating group) is 1. The lowest BCUT2D eigenvalue weighted by Gasteiger charge is -2.29. The molecule has 0 aliphatic carbocycles. The number of carbonyl (C=O) groups is 2. The molecular weight excluding hydrogens is 406 g/mol. The Kier molecular flexibility index (Phi) is 6.93. The molecule has 3 rings (SSSR count). The molecule has 8 heteroatoms. The van der Waals surface area contributed by atoms with Gasteiger partial charge in [0.2, 0.25) is 5.91 Å². The average Bonchev–Trinajstić information content (AvgIpc) is 2.96. The van der Waals surface area contributed by atoms with Gasteiger partial charge in [0, 0.05) is 25.7 Å². The van der Waals surface area contributed by atoms with Crippen LogP contribution < -0.4 is 15.4 Å². The number of imidazole rings is 1. The molecule has 2 aromatic rings. The van der Waals surface area contributed by atoms with Crippen molar-refractivity contribution in [3.63, 3.8) is 0 Å². The zero-order chi connectivity index (χ0) is 23.6. The van der Waals surface area contributed by atoms with Crippen LogP contribution in [0.4, 0.5) is 0 Å². The topological polar surface area (TPSA) is 88.5 Å². The highest BCUT2D eigenvalue weighted by molar-refractivity contribution is 5.98. The van der Waals surface area contributed by atoms with E-state index >= 15 is 0 Å². The maximum absolute atomic E-state index is 13.4. The third-order valence-electron chi connectivity index (χ3n) is 5.95. The van der Waals surface area contributed by atoms with Crippen LogP contribution in [-0.2, 0) is 17.9 Å². The number of aryl methyl sites for hydroxylation is 1. The van der Waals surface area contributed by atoms with Gasteiger partial charge in [-0.1, -0.05) is 20.8 Å². The minimum Gasteiger partial charge on any atom is -0.497 e. The van der Waals surface area contributed by atoms with Crippen LogP contribution in [0, 0.1) is 12.3 Å². The SMILES string of the molecule is CNC(=O)C(NC(=O)c1nc(-c2ccc(OC)cc2C)n2c1CN(C)CCC2)C(C)(C)C. The summed E-state index contributed by atoms with van der Waals surface area (Å²) in [6, 6.07) is 5.20. The Labute approximate surface area is 190 Å². The van der Waals surface area contributed by atoms with Crippen LogP contribution in [-0.4, -0.2) is 60.1 Å². The third-order valence-corrected chi connectivity index (χ3v) is 5.95. The van der Waals surface area contributed by atoms with Gasteiger partial charge in [0.15, 0.2) is 5.69 Å². The van der Waals surface area contributed by atoms with Gasteiger partial charge in [-0.05, 0) is 56.1 Å². The Morgan fingerprint density at radius 1 is 1.22 bits per heavy atom. The van der Waals surface area contributed by atoms with E-state index in [1.54, 1.807) is 14.2 Å². The zero-order valence-electron chi connectivity index (χ0n) is 20.2. The number of nitrogens with one attached hydrogen (secondary N) is 2. The van der Waals surface area contributed by atoms with Crippen molar-refractivity contribution in [2.75, 3.05) is 27.7 Å². The van der Waals surface area contributed by atoms with Gasteiger partial charge in [-0.25, -0.2) is 4.98 Å². The highest BCUT2D eigenvalue weighted by atomic mass is 16.5. The van der Waals surface area contributed by atoms with Gasteiger partial charge in [0.1, 0.15) is 17.6 Å². The highest BCUT2D eigenvalue weighted by Gasteiger charge is 2.34. The molecule has 1 aromatic carbocycles. The molecule has 0 radical (unpaired) electrons. The number of hydrogen-bond donors (Lipinski definition) is 2. The smallest absolute Gasteiger partial charge is 0.272 e. The fourth-order valence-corrected chi connectivity index (χ4v) is 4.14. The molecule has 1 aromatic heterocycles. The lowest BCUT2D eigenvalue weighted by molar-refractivity contribution is -0.124. The molecule has 2 amide bonds. The van der Waals surface area contributed by atoms with E-state index in [1.165, 1.54) is 0 Å². The van der Waals surface area contributed by atoms with Crippen molar-refractivity contribution in [3.05, 3.63) is 35.2 Å². The summed E-state index contributed by atoms with van der Waals surface area (Å²) in [7, 11) is 5.27. The summed E-state index contributed by atoms with van der Waals surface area (Å²) < 4.78 is 7.50. The van der Waals surface area contributed by atoms with Gasteiger partial charge < -0.3 is 24.8 Å². The second-order valence-electron chi connectivity index (χ2n) is 9.54. The summed E-state index contributed by atoms with van der Waals surface area (Å²) in [4.78, 5) is 32.9. The summed E-state index contributed by atoms with van der Waals surface area (Å²) in [6.07, 6.45) is 0.964. The predicted octanol–water partition coefficient (Wildman–Crippen LogP) is 2.59. The van der Waals surface area contributed by atoms with Crippen molar-refractivity contribution in [3.8, 4) is 17.1 Å². The van der Waals surface area contributed by atoms with E-state index in [4.69, 9.17) is 9.72 Å². The summed E-state index contributed by atoms with van der Waals surface area (Å²) in [5, 5.41) is 5.60. The number of nitrogens with zero attached hydrogens (tertiary/aromatic N) is 3. The molecule has 1 aliphatic heterocycles. The van der Waals surface area contributed by atoms with Crippen LogP contribution in [0.5, 0.6) is 5.75 Å². The van der Waals surface area contributed by atoms with E-state index in [0.717, 1.165) is 47.9 Å². The van der Waals surface area contributed by atoms with Crippen molar-refractivity contribution in [2.24, 2.45) is 5.41 Å². The second-order valence-corrected chi connectivity index (χ2v) is 9.54. The Bertz CT molecular complexity index is 1010. The van der Waals surface area contributed by atoms with Gasteiger partial charge in [-0.15, -0.1) is 0 Å². The van der Waals surface area contributed by atoms with Gasteiger partial charge in [0.05, 0.1) is 12.8 Å². The first-order valence-corrected chi connectivity index (χ1v) is 11.0. The van der Waals surface area contributed by atoms with Crippen LogP contribution in [0.1, 0.15) is 48.9 Å². The van der Waals surface area contributed by atoms with E-state index in [-0.39, 0.29) is 11.8 Å². The van der Waals surface area contributed by atoms with Crippen molar-refractivity contribution in [1.82, 2.24) is 25.1 Å². The molecule has 8 nitrogen and oxygen atoms in total. The van der Waals surface area contributed by atoms with E-state index in [0.29, 0.717) is 12.2 Å². The van der Waals surface area contributed by atoms with Crippen LogP contribution in [0.2, 0.25) is 0 Å². The molecule has 0 spiro atoms. The number of amides is 2. The number of methoxy groups -OCH3 is 1. The molecule has 1 unspecified atom stereocenters. The summed E-state index contributed by atoms with van der Waals surface area (Å²) in [5.41, 5.74) is 2.80. The van der Waals surface area contributed by atoms with E-state index < -0.39 is 11.5 Å². The molecule has 2 N–H and O–H groups in total. The molecular formula is C24H35N5O3. The summed E-state index contributed by atoms with van der Waals surface area (Å²) in [5.74, 6) is 1.00. The first kappa shape index (κ1) is 23.8. The van der Waals surface area contributed by atoms with Gasteiger partial charge >= 0.3 is 0 Å². The summed E-state index contributed by atoms with van der Waals surface area (Å²) >= 11 is 0. The van der Waals surface area contributed by atoms with Crippen LogP contribution in [0.15, 0.2) is 18.2 Å². The Balaban J connectivity index is 2.08. The fraction of sp³-hybridized carbons (Fsp3) is 0.542. The number of rotatable bonds is 5. The van der Waals surface area contributed by atoms with Gasteiger partial charge in [0.25, 0.3) is 5.91 Å². The Morgan fingerprint density at radius 2 is 1.94 bits per heavy atom. The minimum absolute atomic E-state index is 0.223. The molecule has 0 saturated carbocycles. The maximum Gasteiger partial charge on any atom is 0.272 e. The zero-order valence-corrected chi connectivity index (χ0v) is 20.2.